The molecule has 2 N–H and O–H groups in total. The fourth-order valence-corrected chi connectivity index (χ4v) is 3.47. The number of ether oxygens (including phenoxy) is 1. The number of nitrogens with one attached hydrogen (secondary N) is 2. The van der Waals surface area contributed by atoms with Crippen LogP contribution >= 0.6 is 0 Å². The third kappa shape index (κ3) is 4.77. The van der Waals surface area contributed by atoms with Crippen LogP contribution in [0.2, 0.25) is 0 Å². The third-order valence-corrected chi connectivity index (χ3v) is 4.85. The molecule has 2 aromatic heterocycles. The second-order valence-electron chi connectivity index (χ2n) is 7.43. The molecular weight excluding hydrogens is 384 g/mol. The molecule has 0 aliphatic carbocycles. The summed E-state index contributed by atoms with van der Waals surface area (Å²) in [6, 6.07) is 10.8. The second kappa shape index (κ2) is 8.96. The molecule has 0 saturated carbocycles. The Labute approximate surface area is 175 Å². The summed E-state index contributed by atoms with van der Waals surface area (Å²) in [6.07, 6.45) is 0. The molecule has 0 aliphatic rings. The van der Waals surface area contributed by atoms with Gasteiger partial charge in [-0.25, -0.2) is 0 Å². The molecule has 2 heterocycles. The number of aromatic nitrogens is 2. The quantitative estimate of drug-likeness (QED) is 0.551. The van der Waals surface area contributed by atoms with Crippen LogP contribution < -0.4 is 15.0 Å². The van der Waals surface area contributed by atoms with Crippen LogP contribution in [0.1, 0.15) is 27.5 Å². The first-order chi connectivity index (χ1) is 14.3. The number of rotatable bonds is 8. The highest BCUT2D eigenvalue weighted by Gasteiger charge is 2.22. The molecule has 1 unspecified atom stereocenters. The van der Waals surface area contributed by atoms with Crippen LogP contribution in [-0.2, 0) is 4.79 Å². The number of amides is 1. The first-order valence-corrected chi connectivity index (χ1v) is 9.69. The van der Waals surface area contributed by atoms with Gasteiger partial charge < -0.3 is 19.5 Å². The van der Waals surface area contributed by atoms with Crippen molar-refractivity contribution in [2.45, 2.75) is 20.8 Å². The Morgan fingerprint density at radius 3 is 2.60 bits per heavy atom. The Morgan fingerprint density at radius 2 is 1.93 bits per heavy atom. The Bertz CT molecular complexity index is 1070. The van der Waals surface area contributed by atoms with E-state index in [0.717, 1.165) is 16.3 Å². The number of quaternary nitrogens is 1. The highest BCUT2D eigenvalue weighted by Crippen LogP contribution is 2.21. The minimum atomic E-state index is -0.169. The van der Waals surface area contributed by atoms with Crippen molar-refractivity contribution in [1.29, 1.82) is 0 Å². The van der Waals surface area contributed by atoms with Gasteiger partial charge in [0.1, 0.15) is 18.1 Å². The molecule has 8 heteroatoms. The van der Waals surface area contributed by atoms with Crippen LogP contribution in [-0.4, -0.2) is 48.7 Å². The Hall–Kier alpha value is -3.39. The average molecular weight is 411 g/mol. The third-order valence-electron chi connectivity index (χ3n) is 4.85. The van der Waals surface area contributed by atoms with Gasteiger partial charge in [0.15, 0.2) is 12.4 Å². The van der Waals surface area contributed by atoms with Gasteiger partial charge in [-0.15, -0.1) is 0 Å². The van der Waals surface area contributed by atoms with E-state index in [4.69, 9.17) is 9.26 Å². The molecule has 1 amide bonds. The molecule has 1 atom stereocenters. The molecule has 158 valence electrons. The van der Waals surface area contributed by atoms with Gasteiger partial charge >= 0.3 is 0 Å². The van der Waals surface area contributed by atoms with Crippen molar-refractivity contribution >= 4 is 17.4 Å². The molecule has 3 rings (SSSR count). The van der Waals surface area contributed by atoms with E-state index in [1.54, 1.807) is 25.3 Å². The maximum absolute atomic E-state index is 12.9. The minimum Gasteiger partial charge on any atom is -0.497 e. The predicted octanol–water partition coefficient (Wildman–Crippen LogP) is 1.74. The molecule has 3 aromatic rings. The molecule has 0 radical (unpaired) electrons. The van der Waals surface area contributed by atoms with Crippen molar-refractivity contribution in [2.75, 3.05) is 32.6 Å². The number of methoxy groups -OCH3 is 1. The number of nitrogens with zero attached hydrogens (tertiary/aromatic N) is 2. The van der Waals surface area contributed by atoms with Crippen molar-refractivity contribution in [3.05, 3.63) is 59.1 Å². The molecule has 0 saturated heterocycles. The van der Waals surface area contributed by atoms with E-state index in [1.807, 2.05) is 50.6 Å². The summed E-state index contributed by atoms with van der Waals surface area (Å²) in [7, 11) is 3.40. The number of likely N-dealkylation sites (N-methyl/N-ethyl adjacent to an activating group) is 1. The van der Waals surface area contributed by atoms with Crippen molar-refractivity contribution in [2.24, 2.45) is 0 Å². The average Bonchev–Trinajstić information content (AvgIpc) is 3.23. The highest BCUT2D eigenvalue weighted by molar-refractivity contribution is 5.98. The van der Waals surface area contributed by atoms with Crippen molar-refractivity contribution in [3.8, 4) is 11.6 Å². The van der Waals surface area contributed by atoms with Gasteiger partial charge in [-0.1, -0.05) is 11.2 Å². The van der Waals surface area contributed by atoms with Gasteiger partial charge in [-0.05, 0) is 39.0 Å². The SMILES string of the molecule is COc1cccc(NC(=O)C[NH+](C)CC(=O)c2cc(C)n(-c3cc(C)on3)c2C)c1. The molecule has 0 fully saturated rings. The number of hydrogen-bond acceptors (Lipinski definition) is 5. The van der Waals surface area contributed by atoms with E-state index in [9.17, 15) is 9.59 Å². The predicted molar refractivity (Wildman–Crippen MR) is 113 cm³/mol. The Kier molecular flexibility index (Phi) is 6.37. The number of carbonyl (C=O) groups excluding carboxylic acids is 2. The summed E-state index contributed by atoms with van der Waals surface area (Å²) in [5.74, 6) is 1.83. The summed E-state index contributed by atoms with van der Waals surface area (Å²) in [5.41, 5.74) is 2.99. The lowest BCUT2D eigenvalue weighted by molar-refractivity contribution is -0.861. The summed E-state index contributed by atoms with van der Waals surface area (Å²) in [4.78, 5) is 26.0. The zero-order chi connectivity index (χ0) is 21.8. The summed E-state index contributed by atoms with van der Waals surface area (Å²) in [5, 5.41) is 6.88. The summed E-state index contributed by atoms with van der Waals surface area (Å²) < 4.78 is 12.2. The smallest absolute Gasteiger partial charge is 0.279 e. The fourth-order valence-electron chi connectivity index (χ4n) is 3.47. The number of Topliss-reactive ketones (excluding diaryl/α,β-unsaturated/α-hetero) is 1. The van der Waals surface area contributed by atoms with E-state index in [2.05, 4.69) is 10.5 Å². The van der Waals surface area contributed by atoms with Crippen LogP contribution in [0, 0.1) is 20.8 Å². The van der Waals surface area contributed by atoms with E-state index >= 15 is 0 Å². The number of anilines is 1. The first-order valence-electron chi connectivity index (χ1n) is 9.69. The number of aryl methyl sites for hydroxylation is 2. The van der Waals surface area contributed by atoms with Gasteiger partial charge in [0, 0.05) is 34.8 Å². The Morgan fingerprint density at radius 1 is 1.17 bits per heavy atom. The molecule has 8 nitrogen and oxygen atoms in total. The molecule has 1 aromatic carbocycles. The summed E-state index contributed by atoms with van der Waals surface area (Å²) in [6.45, 7) is 6.00. The van der Waals surface area contributed by atoms with Crippen LogP contribution in [0.5, 0.6) is 5.75 Å². The van der Waals surface area contributed by atoms with E-state index in [-0.39, 0.29) is 24.8 Å². The topological polar surface area (TPSA) is 90.8 Å². The molecule has 0 aliphatic heterocycles. The second-order valence-corrected chi connectivity index (χ2v) is 7.43. The van der Waals surface area contributed by atoms with Crippen LogP contribution in [0.15, 0.2) is 40.9 Å². The maximum Gasteiger partial charge on any atom is 0.279 e. The monoisotopic (exact) mass is 411 g/mol. The number of carbonyl (C=O) groups is 2. The number of hydrogen-bond donors (Lipinski definition) is 2. The van der Waals surface area contributed by atoms with E-state index < -0.39 is 0 Å². The largest absolute Gasteiger partial charge is 0.497 e. The zero-order valence-electron chi connectivity index (χ0n) is 17.9. The number of ketones is 1. The lowest BCUT2D eigenvalue weighted by Crippen LogP contribution is -3.11. The van der Waals surface area contributed by atoms with E-state index in [0.29, 0.717) is 28.6 Å². The van der Waals surface area contributed by atoms with Gasteiger partial charge in [-0.2, -0.15) is 0 Å². The Balaban J connectivity index is 1.63. The molecule has 0 bridgehead atoms. The standard InChI is InChI=1S/C22H26N4O4/c1-14-9-19(16(3)26(14)21-10-15(2)30-24-21)20(27)12-25(4)13-22(28)23-17-7-6-8-18(11-17)29-5/h6-11H,12-13H2,1-5H3,(H,23,28)/p+1. The van der Waals surface area contributed by atoms with Crippen LogP contribution in [0.25, 0.3) is 5.82 Å². The fraction of sp³-hybridized carbons (Fsp3) is 0.318. The summed E-state index contributed by atoms with van der Waals surface area (Å²) >= 11 is 0. The first kappa shape index (κ1) is 21.3. The van der Waals surface area contributed by atoms with Gasteiger partial charge in [0.25, 0.3) is 5.91 Å². The molecular formula is C22H27N4O4+. The van der Waals surface area contributed by atoms with Gasteiger partial charge in [0.05, 0.1) is 14.2 Å². The molecule has 30 heavy (non-hydrogen) atoms. The lowest BCUT2D eigenvalue weighted by Gasteiger charge is -2.13. The van der Waals surface area contributed by atoms with Crippen molar-refractivity contribution in [3.63, 3.8) is 0 Å². The zero-order valence-corrected chi connectivity index (χ0v) is 17.9. The molecule has 0 spiro atoms. The van der Waals surface area contributed by atoms with Gasteiger partial charge in [0.2, 0.25) is 5.78 Å². The lowest BCUT2D eigenvalue weighted by atomic mass is 10.1. The van der Waals surface area contributed by atoms with E-state index in [1.165, 1.54) is 0 Å². The van der Waals surface area contributed by atoms with Crippen LogP contribution in [0.4, 0.5) is 5.69 Å². The highest BCUT2D eigenvalue weighted by atomic mass is 16.5. The minimum absolute atomic E-state index is 0.0266. The van der Waals surface area contributed by atoms with Gasteiger partial charge in [-0.3, -0.25) is 14.2 Å². The number of benzene rings is 1. The maximum atomic E-state index is 12.9. The van der Waals surface area contributed by atoms with Crippen molar-refractivity contribution in [1.82, 2.24) is 9.72 Å². The van der Waals surface area contributed by atoms with Crippen molar-refractivity contribution < 1.29 is 23.7 Å². The normalized spacial score (nSPS) is 11.9. The van der Waals surface area contributed by atoms with Crippen LogP contribution in [0.3, 0.4) is 0 Å².